The van der Waals surface area contributed by atoms with Crippen molar-refractivity contribution in [2.75, 3.05) is 19.3 Å². The molecule has 0 bridgehead atoms. The van der Waals surface area contributed by atoms with Gasteiger partial charge in [-0.25, -0.2) is 4.79 Å². The fraction of sp³-hybridized carbons (Fsp3) is 0.800. The number of aliphatic hydroxyl groups excluding tert-OH is 1. The number of nitrogens with zero attached hydrogens (tertiary/aromatic N) is 2. The summed E-state index contributed by atoms with van der Waals surface area (Å²) < 4.78 is 5.24. The van der Waals surface area contributed by atoms with Gasteiger partial charge in [-0.3, -0.25) is 9.89 Å². The molecule has 1 rings (SSSR count). The molecule has 0 spiro atoms. The van der Waals surface area contributed by atoms with Gasteiger partial charge in [-0.2, -0.15) is 0 Å². The summed E-state index contributed by atoms with van der Waals surface area (Å²) >= 11 is 1.37. The van der Waals surface area contributed by atoms with Crippen molar-refractivity contribution in [1.29, 1.82) is 0 Å². The van der Waals surface area contributed by atoms with Crippen LogP contribution in [0.4, 0.5) is 4.79 Å². The van der Waals surface area contributed by atoms with Crippen LogP contribution >= 0.6 is 11.8 Å². The Morgan fingerprint density at radius 3 is 2.75 bits per heavy atom. The molecule has 0 radical (unpaired) electrons. The minimum Gasteiger partial charge on any atom is -0.443 e. The van der Waals surface area contributed by atoms with Crippen molar-refractivity contribution in [1.82, 2.24) is 4.90 Å². The standard InChI is InChI=1S/C10H18N2O3S/c1-10(2,3)15-9(14)12-6-7(13)5-11-8(12)16-4/h7,13H,5-6H2,1-4H3/t7-/m1/s1. The van der Waals surface area contributed by atoms with Gasteiger partial charge in [-0.05, 0) is 27.0 Å². The van der Waals surface area contributed by atoms with Crippen LogP contribution in [-0.2, 0) is 4.74 Å². The average Bonchev–Trinajstić information content (AvgIpc) is 2.15. The van der Waals surface area contributed by atoms with Gasteiger partial charge >= 0.3 is 6.09 Å². The molecular formula is C10H18N2O3S. The first-order chi connectivity index (χ1) is 7.33. The Balaban J connectivity index is 2.73. The van der Waals surface area contributed by atoms with Crippen molar-refractivity contribution >= 4 is 23.0 Å². The van der Waals surface area contributed by atoms with E-state index in [0.29, 0.717) is 11.7 Å². The normalized spacial score (nSPS) is 21.7. The highest BCUT2D eigenvalue weighted by Crippen LogP contribution is 2.16. The lowest BCUT2D eigenvalue weighted by atomic mass is 10.2. The summed E-state index contributed by atoms with van der Waals surface area (Å²) in [5.41, 5.74) is -0.539. The van der Waals surface area contributed by atoms with Crippen molar-refractivity contribution in [3.05, 3.63) is 0 Å². The third kappa shape index (κ3) is 3.68. The third-order valence-corrected chi connectivity index (χ3v) is 2.57. The fourth-order valence-corrected chi connectivity index (χ4v) is 1.83. The fourth-order valence-electron chi connectivity index (χ4n) is 1.26. The predicted molar refractivity (Wildman–Crippen MR) is 64.8 cm³/mol. The van der Waals surface area contributed by atoms with Crippen molar-refractivity contribution in [3.8, 4) is 0 Å². The van der Waals surface area contributed by atoms with E-state index >= 15 is 0 Å². The van der Waals surface area contributed by atoms with Gasteiger partial charge in [0.05, 0.1) is 19.2 Å². The van der Waals surface area contributed by atoms with E-state index in [4.69, 9.17) is 4.74 Å². The lowest BCUT2D eigenvalue weighted by Crippen LogP contribution is -2.47. The van der Waals surface area contributed by atoms with Crippen LogP contribution in [0.5, 0.6) is 0 Å². The largest absolute Gasteiger partial charge is 0.443 e. The van der Waals surface area contributed by atoms with E-state index in [2.05, 4.69) is 4.99 Å². The number of rotatable bonds is 0. The number of hydrogen-bond donors (Lipinski definition) is 1. The molecule has 5 nitrogen and oxygen atoms in total. The SMILES string of the molecule is CSC1=NC[C@@H](O)CN1C(=O)OC(C)(C)C. The van der Waals surface area contributed by atoms with Gasteiger partial charge < -0.3 is 9.84 Å². The lowest BCUT2D eigenvalue weighted by molar-refractivity contribution is 0.0289. The van der Waals surface area contributed by atoms with Crippen LogP contribution in [-0.4, -0.2) is 52.3 Å². The van der Waals surface area contributed by atoms with E-state index in [0.717, 1.165) is 0 Å². The number of hydrogen-bond acceptors (Lipinski definition) is 5. The van der Waals surface area contributed by atoms with Crippen LogP contribution in [0.1, 0.15) is 20.8 Å². The second kappa shape index (κ2) is 5.05. The summed E-state index contributed by atoms with van der Waals surface area (Å²) in [6.07, 6.45) is 0.774. The number of amidine groups is 1. The molecule has 1 heterocycles. The molecule has 1 atom stereocenters. The summed E-state index contributed by atoms with van der Waals surface area (Å²) in [6.45, 7) is 6.01. The molecular weight excluding hydrogens is 228 g/mol. The molecule has 1 aliphatic heterocycles. The molecule has 0 fully saturated rings. The Bertz CT molecular complexity index is 299. The van der Waals surface area contributed by atoms with E-state index in [9.17, 15) is 9.90 Å². The van der Waals surface area contributed by atoms with Crippen LogP contribution in [0.25, 0.3) is 0 Å². The summed E-state index contributed by atoms with van der Waals surface area (Å²) in [5, 5.41) is 10.1. The summed E-state index contributed by atoms with van der Waals surface area (Å²) in [5.74, 6) is 0. The van der Waals surface area contributed by atoms with Gasteiger partial charge in [0.1, 0.15) is 5.60 Å². The van der Waals surface area contributed by atoms with Crippen LogP contribution in [0.3, 0.4) is 0 Å². The molecule has 0 aromatic rings. The number of amides is 1. The highest BCUT2D eigenvalue weighted by atomic mass is 32.2. The molecule has 16 heavy (non-hydrogen) atoms. The summed E-state index contributed by atoms with van der Waals surface area (Å²) in [7, 11) is 0. The van der Waals surface area contributed by atoms with E-state index < -0.39 is 17.8 Å². The van der Waals surface area contributed by atoms with E-state index in [1.807, 2.05) is 6.26 Å². The van der Waals surface area contributed by atoms with Crippen molar-refractivity contribution < 1.29 is 14.6 Å². The number of carbonyl (C=O) groups is 1. The highest BCUT2D eigenvalue weighted by Gasteiger charge is 2.29. The Labute approximate surface area is 99.9 Å². The molecule has 1 amide bonds. The Morgan fingerprint density at radius 1 is 1.62 bits per heavy atom. The predicted octanol–water partition coefficient (Wildman–Crippen LogP) is 1.32. The first kappa shape index (κ1) is 13.3. The first-order valence-corrected chi connectivity index (χ1v) is 6.33. The number of β-amino-alcohol motifs (C(OH)–C–C–N with tert-alkyl or cyclic N) is 1. The minimum absolute atomic E-state index is 0.245. The third-order valence-electron chi connectivity index (χ3n) is 1.86. The zero-order chi connectivity index (χ0) is 12.3. The molecule has 0 aromatic heterocycles. The summed E-state index contributed by atoms with van der Waals surface area (Å²) in [6, 6.07) is 0. The molecule has 6 heteroatoms. The zero-order valence-electron chi connectivity index (χ0n) is 10.1. The topological polar surface area (TPSA) is 62.1 Å². The second-order valence-corrected chi connectivity index (χ2v) is 5.35. The molecule has 1 aliphatic rings. The zero-order valence-corrected chi connectivity index (χ0v) is 10.9. The van der Waals surface area contributed by atoms with E-state index in [1.54, 1.807) is 20.8 Å². The molecule has 92 valence electrons. The van der Waals surface area contributed by atoms with Gasteiger partial charge in [-0.15, -0.1) is 0 Å². The Hall–Kier alpha value is -0.750. The maximum Gasteiger partial charge on any atom is 0.416 e. The number of aliphatic imine (C=N–C) groups is 1. The van der Waals surface area contributed by atoms with Crippen LogP contribution in [0, 0.1) is 0 Å². The van der Waals surface area contributed by atoms with Gasteiger partial charge in [0.25, 0.3) is 0 Å². The number of aliphatic hydroxyl groups is 1. The monoisotopic (exact) mass is 246 g/mol. The second-order valence-electron chi connectivity index (χ2n) is 4.57. The lowest BCUT2D eigenvalue weighted by Gasteiger charge is -2.31. The molecule has 0 saturated heterocycles. The van der Waals surface area contributed by atoms with Crippen molar-refractivity contribution in [2.24, 2.45) is 4.99 Å². The number of thioether (sulfide) groups is 1. The van der Waals surface area contributed by atoms with Gasteiger partial charge in [-0.1, -0.05) is 11.8 Å². The van der Waals surface area contributed by atoms with Crippen molar-refractivity contribution in [3.63, 3.8) is 0 Å². The number of ether oxygens (including phenoxy) is 1. The Morgan fingerprint density at radius 2 is 2.25 bits per heavy atom. The van der Waals surface area contributed by atoms with Crippen LogP contribution < -0.4 is 0 Å². The molecule has 1 N–H and O–H groups in total. The van der Waals surface area contributed by atoms with Crippen molar-refractivity contribution in [2.45, 2.75) is 32.5 Å². The maximum absolute atomic E-state index is 11.8. The van der Waals surface area contributed by atoms with Gasteiger partial charge in [0, 0.05) is 0 Å². The average molecular weight is 246 g/mol. The molecule has 0 aromatic carbocycles. The molecule has 0 saturated carbocycles. The quantitative estimate of drug-likeness (QED) is 0.700. The molecule has 0 unspecified atom stereocenters. The highest BCUT2D eigenvalue weighted by molar-refractivity contribution is 8.13. The Kier molecular flexibility index (Phi) is 4.21. The van der Waals surface area contributed by atoms with E-state index in [1.165, 1.54) is 16.7 Å². The van der Waals surface area contributed by atoms with Crippen LogP contribution in [0.2, 0.25) is 0 Å². The van der Waals surface area contributed by atoms with E-state index in [-0.39, 0.29) is 6.54 Å². The number of carbonyl (C=O) groups excluding carboxylic acids is 1. The summed E-state index contributed by atoms with van der Waals surface area (Å²) in [4.78, 5) is 17.3. The van der Waals surface area contributed by atoms with Crippen LogP contribution in [0.15, 0.2) is 4.99 Å². The smallest absolute Gasteiger partial charge is 0.416 e. The first-order valence-electron chi connectivity index (χ1n) is 5.10. The molecule has 0 aliphatic carbocycles. The van der Waals surface area contributed by atoms with Gasteiger partial charge in [0.2, 0.25) is 0 Å². The maximum atomic E-state index is 11.8. The van der Waals surface area contributed by atoms with Gasteiger partial charge in [0.15, 0.2) is 5.17 Å². The minimum atomic E-state index is -0.608.